The third-order valence-corrected chi connectivity index (χ3v) is 5.27. The Morgan fingerprint density at radius 3 is 2.36 bits per heavy atom. The number of hydrogen-bond acceptors (Lipinski definition) is 3. The average Bonchev–Trinajstić information content (AvgIpc) is 2.39. The fraction of sp³-hybridized carbons (Fsp3) is 0.632. The second-order valence-electron chi connectivity index (χ2n) is 8.08. The third kappa shape index (κ3) is 4.28. The molecule has 2 rings (SSSR count). The quantitative estimate of drug-likeness (QED) is 0.704. The molecule has 3 heteroatoms. The summed E-state index contributed by atoms with van der Waals surface area (Å²) >= 11 is 1.90. The Balaban J connectivity index is 2.28. The van der Waals surface area contributed by atoms with Crippen molar-refractivity contribution < 1.29 is 9.53 Å². The molecule has 2 unspecified atom stereocenters. The van der Waals surface area contributed by atoms with Gasteiger partial charge in [-0.2, -0.15) is 0 Å². The number of carbonyl (C=O) groups excluding carboxylic acids is 1. The van der Waals surface area contributed by atoms with Crippen molar-refractivity contribution in [2.75, 3.05) is 0 Å². The fourth-order valence-corrected chi connectivity index (χ4v) is 4.11. The van der Waals surface area contributed by atoms with E-state index in [-0.39, 0.29) is 22.1 Å². The lowest BCUT2D eigenvalue weighted by molar-refractivity contribution is -0.159. The number of benzene rings is 1. The Kier molecular flexibility index (Phi) is 4.96. The summed E-state index contributed by atoms with van der Waals surface area (Å²) in [5.41, 5.74) is 2.28. The van der Waals surface area contributed by atoms with Gasteiger partial charge in [-0.1, -0.05) is 45.0 Å². The first-order valence-electron chi connectivity index (χ1n) is 8.04. The number of ether oxygens (including phenoxy) is 1. The zero-order valence-corrected chi connectivity index (χ0v) is 15.4. The largest absolute Gasteiger partial charge is 0.460 e. The van der Waals surface area contributed by atoms with Crippen molar-refractivity contribution in [3.63, 3.8) is 0 Å². The van der Waals surface area contributed by atoms with Crippen LogP contribution in [0.4, 0.5) is 0 Å². The minimum absolute atomic E-state index is 0.0363. The van der Waals surface area contributed by atoms with Gasteiger partial charge < -0.3 is 4.74 Å². The molecule has 122 valence electrons. The molecular weight excluding hydrogens is 292 g/mol. The van der Waals surface area contributed by atoms with Crippen molar-refractivity contribution in [2.24, 2.45) is 5.41 Å². The van der Waals surface area contributed by atoms with Crippen LogP contribution in [0, 0.1) is 5.41 Å². The Morgan fingerprint density at radius 2 is 1.77 bits per heavy atom. The molecule has 0 spiro atoms. The summed E-state index contributed by atoms with van der Waals surface area (Å²) in [5.74, 6) is -0.101. The van der Waals surface area contributed by atoms with E-state index in [9.17, 15) is 4.79 Å². The zero-order chi connectivity index (χ0) is 16.5. The van der Waals surface area contributed by atoms with Crippen molar-refractivity contribution >= 4 is 17.7 Å². The predicted octanol–water partition coefficient (Wildman–Crippen LogP) is 5.16. The van der Waals surface area contributed by atoms with Crippen LogP contribution in [0.5, 0.6) is 0 Å². The van der Waals surface area contributed by atoms with E-state index in [4.69, 9.17) is 4.74 Å². The maximum absolute atomic E-state index is 12.3. The standard InChI is InChI=1S/C19H28O2S/c1-18(2,3)17(20)21-15-12-11-13-9-7-8-10-14(13)16(15)22-19(4,5)6/h7-10,15-16H,11-12H2,1-6H3. The topological polar surface area (TPSA) is 26.3 Å². The molecule has 2 nitrogen and oxygen atoms in total. The number of rotatable bonds is 2. The Bertz CT molecular complexity index is 537. The van der Waals surface area contributed by atoms with E-state index < -0.39 is 5.41 Å². The van der Waals surface area contributed by atoms with E-state index in [1.54, 1.807) is 0 Å². The number of hydrogen-bond donors (Lipinski definition) is 0. The van der Waals surface area contributed by atoms with Gasteiger partial charge in [-0.15, -0.1) is 11.8 Å². The number of thioether (sulfide) groups is 1. The van der Waals surface area contributed by atoms with Crippen LogP contribution in [0.2, 0.25) is 0 Å². The van der Waals surface area contributed by atoms with Crippen molar-refractivity contribution in [3.8, 4) is 0 Å². The number of fused-ring (bicyclic) bond motifs is 1. The Labute approximate surface area is 139 Å². The number of esters is 1. The van der Waals surface area contributed by atoms with Crippen LogP contribution in [0.1, 0.15) is 64.3 Å². The van der Waals surface area contributed by atoms with Gasteiger partial charge in [0.1, 0.15) is 6.10 Å². The van der Waals surface area contributed by atoms with E-state index in [0.29, 0.717) is 0 Å². The van der Waals surface area contributed by atoms with Crippen molar-refractivity contribution in [2.45, 2.75) is 70.5 Å². The van der Waals surface area contributed by atoms with Crippen LogP contribution < -0.4 is 0 Å². The molecule has 0 heterocycles. The maximum atomic E-state index is 12.3. The van der Waals surface area contributed by atoms with E-state index in [1.165, 1.54) is 11.1 Å². The normalized spacial score (nSPS) is 22.1. The molecule has 0 aliphatic heterocycles. The van der Waals surface area contributed by atoms with Crippen LogP contribution in [-0.2, 0) is 16.0 Å². The second-order valence-corrected chi connectivity index (χ2v) is 10.1. The van der Waals surface area contributed by atoms with Crippen LogP contribution >= 0.6 is 11.8 Å². The highest BCUT2D eigenvalue weighted by molar-refractivity contribution is 8.00. The third-order valence-electron chi connectivity index (χ3n) is 3.75. The maximum Gasteiger partial charge on any atom is 0.311 e. The molecule has 0 N–H and O–H groups in total. The molecular formula is C19H28O2S. The summed E-state index contributed by atoms with van der Waals surface area (Å²) in [4.78, 5) is 12.3. The minimum Gasteiger partial charge on any atom is -0.460 e. The molecule has 1 aliphatic carbocycles. The Morgan fingerprint density at radius 1 is 1.14 bits per heavy atom. The SMILES string of the molecule is CC(C)(C)SC1c2ccccc2CCC1OC(=O)C(C)(C)C. The molecule has 0 saturated heterocycles. The number of aryl methyl sites for hydroxylation is 1. The summed E-state index contributed by atoms with van der Waals surface area (Å²) in [6, 6.07) is 8.57. The summed E-state index contributed by atoms with van der Waals surface area (Å²) in [6.07, 6.45) is 1.86. The monoisotopic (exact) mass is 320 g/mol. The molecule has 1 aromatic rings. The first-order valence-corrected chi connectivity index (χ1v) is 8.92. The van der Waals surface area contributed by atoms with Gasteiger partial charge in [-0.25, -0.2) is 0 Å². The van der Waals surface area contributed by atoms with E-state index >= 15 is 0 Å². The molecule has 0 bridgehead atoms. The van der Waals surface area contributed by atoms with Crippen molar-refractivity contribution in [1.29, 1.82) is 0 Å². The van der Waals surface area contributed by atoms with Gasteiger partial charge in [0.05, 0.1) is 10.7 Å². The molecule has 0 fully saturated rings. The molecule has 1 aliphatic rings. The molecule has 0 saturated carbocycles. The average molecular weight is 320 g/mol. The first-order chi connectivity index (χ1) is 10.1. The lowest BCUT2D eigenvalue weighted by Crippen LogP contribution is -2.34. The zero-order valence-electron chi connectivity index (χ0n) is 14.6. The smallest absolute Gasteiger partial charge is 0.311 e. The van der Waals surface area contributed by atoms with E-state index in [2.05, 4.69) is 45.0 Å². The molecule has 0 amide bonds. The van der Waals surface area contributed by atoms with Gasteiger partial charge in [0.25, 0.3) is 0 Å². The molecule has 22 heavy (non-hydrogen) atoms. The number of carbonyl (C=O) groups is 1. The second kappa shape index (κ2) is 6.27. The highest BCUT2D eigenvalue weighted by atomic mass is 32.2. The lowest BCUT2D eigenvalue weighted by atomic mass is 9.89. The molecule has 2 atom stereocenters. The van der Waals surface area contributed by atoms with Gasteiger partial charge in [-0.3, -0.25) is 4.79 Å². The van der Waals surface area contributed by atoms with E-state index in [1.807, 2.05) is 32.5 Å². The van der Waals surface area contributed by atoms with Gasteiger partial charge >= 0.3 is 5.97 Å². The highest BCUT2D eigenvalue weighted by Crippen LogP contribution is 2.46. The van der Waals surface area contributed by atoms with E-state index in [0.717, 1.165) is 12.8 Å². The summed E-state index contributed by atoms with van der Waals surface area (Å²) in [5, 5.41) is 0.219. The van der Waals surface area contributed by atoms with Gasteiger partial charge in [0.15, 0.2) is 0 Å². The lowest BCUT2D eigenvalue weighted by Gasteiger charge is -2.37. The fourth-order valence-electron chi connectivity index (χ4n) is 2.64. The molecule has 0 aromatic heterocycles. The minimum atomic E-state index is -0.450. The van der Waals surface area contributed by atoms with Crippen LogP contribution in [0.3, 0.4) is 0 Å². The predicted molar refractivity (Wildman–Crippen MR) is 94.2 cm³/mol. The van der Waals surface area contributed by atoms with Crippen LogP contribution in [-0.4, -0.2) is 16.8 Å². The summed E-state index contributed by atoms with van der Waals surface area (Å²) < 4.78 is 6.04. The molecule has 0 radical (unpaired) electrons. The van der Waals surface area contributed by atoms with Crippen molar-refractivity contribution in [1.82, 2.24) is 0 Å². The van der Waals surface area contributed by atoms with Gasteiger partial charge in [0.2, 0.25) is 0 Å². The van der Waals surface area contributed by atoms with Gasteiger partial charge in [0, 0.05) is 4.75 Å². The van der Waals surface area contributed by atoms with Crippen LogP contribution in [0.25, 0.3) is 0 Å². The molecule has 1 aromatic carbocycles. The summed E-state index contributed by atoms with van der Waals surface area (Å²) in [6.45, 7) is 12.4. The Hall–Kier alpha value is -0.960. The first kappa shape index (κ1) is 17.4. The highest BCUT2D eigenvalue weighted by Gasteiger charge is 2.37. The van der Waals surface area contributed by atoms with Crippen molar-refractivity contribution in [3.05, 3.63) is 35.4 Å². The van der Waals surface area contributed by atoms with Crippen LogP contribution in [0.15, 0.2) is 24.3 Å². The van der Waals surface area contributed by atoms with Gasteiger partial charge in [-0.05, 0) is 44.7 Å². The summed E-state index contributed by atoms with van der Waals surface area (Å²) in [7, 11) is 0.